The van der Waals surface area contributed by atoms with Crippen molar-refractivity contribution in [1.29, 1.82) is 0 Å². The third-order valence-corrected chi connectivity index (χ3v) is 5.58. The van der Waals surface area contributed by atoms with E-state index >= 15 is 0 Å². The lowest BCUT2D eigenvalue weighted by molar-refractivity contribution is -0.141. The monoisotopic (exact) mass is 460 g/mol. The van der Waals surface area contributed by atoms with E-state index in [0.717, 1.165) is 22.6 Å². The Hall–Kier alpha value is -3.80. The number of likely N-dealkylation sites (N-methyl/N-ethyl adjacent to an activating group) is 1. The minimum absolute atomic E-state index is 0.0771. The maximum Gasteiger partial charge on any atom is 0.242 e. The lowest BCUT2D eigenvalue weighted by Gasteiger charge is -2.31. The molecule has 34 heavy (non-hydrogen) atoms. The van der Waals surface area contributed by atoms with Crippen LogP contribution in [0, 0.1) is 0 Å². The molecule has 1 N–H and O–H groups in total. The van der Waals surface area contributed by atoms with Crippen molar-refractivity contribution in [2.24, 2.45) is 0 Å². The van der Waals surface area contributed by atoms with Gasteiger partial charge in [-0.05, 0) is 41.8 Å². The topological polar surface area (TPSA) is 67.9 Å². The highest BCUT2D eigenvalue weighted by atomic mass is 16.5. The van der Waals surface area contributed by atoms with Gasteiger partial charge in [-0.3, -0.25) is 9.59 Å². The van der Waals surface area contributed by atoms with Gasteiger partial charge in [-0.15, -0.1) is 0 Å². The molecule has 1 atom stereocenters. The summed E-state index contributed by atoms with van der Waals surface area (Å²) in [5.41, 5.74) is 1.98. The Kier molecular flexibility index (Phi) is 9.52. The highest BCUT2D eigenvalue weighted by molar-refractivity contribution is 5.87. The van der Waals surface area contributed by atoms with E-state index in [0.29, 0.717) is 26.0 Å². The normalized spacial score (nSPS) is 11.4. The molecular weight excluding hydrogens is 428 g/mol. The van der Waals surface area contributed by atoms with Gasteiger partial charge in [0.15, 0.2) is 0 Å². The first-order valence-electron chi connectivity index (χ1n) is 11.5. The molecule has 3 rings (SSSR count). The Bertz CT molecular complexity index is 1020. The standard InChI is InChI=1S/C28H32N2O4/c1-29-28(32)26(20-22-10-5-3-6-11-22)30(21-23-12-7-4-8-13-23)27(31)14-9-19-34-25-17-15-24(33-2)16-18-25/h3-8,10-13,15-18,26H,9,14,19-21H2,1-2H3,(H,29,32)/t26-/m1/s1. The molecule has 6 nitrogen and oxygen atoms in total. The summed E-state index contributed by atoms with van der Waals surface area (Å²) in [7, 11) is 3.22. The number of methoxy groups -OCH3 is 1. The first kappa shape index (κ1) is 24.8. The molecule has 0 aliphatic heterocycles. The van der Waals surface area contributed by atoms with Crippen LogP contribution in [0.3, 0.4) is 0 Å². The number of hydrogen-bond donors (Lipinski definition) is 1. The van der Waals surface area contributed by atoms with Gasteiger partial charge >= 0.3 is 0 Å². The number of rotatable bonds is 12. The lowest BCUT2D eigenvalue weighted by Crippen LogP contribution is -2.49. The number of nitrogens with zero attached hydrogens (tertiary/aromatic N) is 1. The summed E-state index contributed by atoms with van der Waals surface area (Å²) in [5.74, 6) is 1.23. The van der Waals surface area contributed by atoms with Gasteiger partial charge in [0.25, 0.3) is 0 Å². The summed E-state index contributed by atoms with van der Waals surface area (Å²) in [4.78, 5) is 27.9. The van der Waals surface area contributed by atoms with Crippen molar-refractivity contribution in [3.8, 4) is 11.5 Å². The van der Waals surface area contributed by atoms with Crippen LogP contribution in [0.15, 0.2) is 84.9 Å². The summed E-state index contributed by atoms with van der Waals surface area (Å²) in [6.45, 7) is 0.768. The number of carbonyl (C=O) groups is 2. The summed E-state index contributed by atoms with van der Waals surface area (Å²) in [6, 6.07) is 26.3. The molecule has 0 unspecified atom stereocenters. The Morgan fingerprint density at radius 1 is 0.853 bits per heavy atom. The largest absolute Gasteiger partial charge is 0.497 e. The first-order valence-corrected chi connectivity index (χ1v) is 11.5. The highest BCUT2D eigenvalue weighted by Crippen LogP contribution is 2.19. The molecular formula is C28H32N2O4. The minimum Gasteiger partial charge on any atom is -0.497 e. The maximum absolute atomic E-state index is 13.4. The van der Waals surface area contributed by atoms with Gasteiger partial charge in [0.2, 0.25) is 11.8 Å². The average molecular weight is 461 g/mol. The van der Waals surface area contributed by atoms with Crippen molar-refractivity contribution in [3.05, 3.63) is 96.1 Å². The maximum atomic E-state index is 13.4. The zero-order valence-electron chi connectivity index (χ0n) is 19.8. The zero-order valence-corrected chi connectivity index (χ0v) is 19.8. The molecule has 0 aliphatic rings. The quantitative estimate of drug-likeness (QED) is 0.411. The third-order valence-electron chi connectivity index (χ3n) is 5.58. The summed E-state index contributed by atoms with van der Waals surface area (Å²) in [5, 5.41) is 2.74. The van der Waals surface area contributed by atoms with Crippen LogP contribution >= 0.6 is 0 Å². The molecule has 0 aromatic heterocycles. The molecule has 3 aromatic carbocycles. The third kappa shape index (κ3) is 7.37. The van der Waals surface area contributed by atoms with Crippen LogP contribution in [-0.2, 0) is 22.6 Å². The van der Waals surface area contributed by atoms with E-state index < -0.39 is 6.04 Å². The fourth-order valence-corrected chi connectivity index (χ4v) is 3.73. The van der Waals surface area contributed by atoms with Crippen molar-refractivity contribution in [2.45, 2.75) is 31.8 Å². The van der Waals surface area contributed by atoms with Crippen LogP contribution in [0.25, 0.3) is 0 Å². The number of nitrogens with one attached hydrogen (secondary N) is 1. The Labute approximate surface area is 201 Å². The SMILES string of the molecule is CNC(=O)[C@@H](Cc1ccccc1)N(Cc1ccccc1)C(=O)CCCOc1ccc(OC)cc1. The Morgan fingerprint density at radius 3 is 2.03 bits per heavy atom. The Balaban J connectivity index is 1.69. The number of benzene rings is 3. The van der Waals surface area contributed by atoms with Crippen LogP contribution in [0.2, 0.25) is 0 Å². The smallest absolute Gasteiger partial charge is 0.242 e. The summed E-state index contributed by atoms with van der Waals surface area (Å²) >= 11 is 0. The molecule has 0 saturated carbocycles. The molecule has 178 valence electrons. The molecule has 0 spiro atoms. The second-order valence-electron chi connectivity index (χ2n) is 7.95. The van der Waals surface area contributed by atoms with Gasteiger partial charge in [-0.1, -0.05) is 60.7 Å². The van der Waals surface area contributed by atoms with Gasteiger partial charge < -0.3 is 19.7 Å². The Morgan fingerprint density at radius 2 is 1.44 bits per heavy atom. The van der Waals surface area contributed by atoms with Crippen LogP contribution in [0.4, 0.5) is 0 Å². The van der Waals surface area contributed by atoms with Crippen LogP contribution in [0.5, 0.6) is 11.5 Å². The minimum atomic E-state index is -0.609. The summed E-state index contributed by atoms with van der Waals surface area (Å²) < 4.78 is 10.9. The predicted molar refractivity (Wildman–Crippen MR) is 133 cm³/mol. The zero-order chi connectivity index (χ0) is 24.2. The highest BCUT2D eigenvalue weighted by Gasteiger charge is 2.29. The second-order valence-corrected chi connectivity index (χ2v) is 7.95. The lowest BCUT2D eigenvalue weighted by atomic mass is 10.0. The van der Waals surface area contributed by atoms with E-state index in [2.05, 4.69) is 5.32 Å². The van der Waals surface area contributed by atoms with E-state index in [1.807, 2.05) is 84.9 Å². The molecule has 0 heterocycles. The van der Waals surface area contributed by atoms with Crippen molar-refractivity contribution < 1.29 is 19.1 Å². The molecule has 0 bridgehead atoms. The first-order chi connectivity index (χ1) is 16.6. The fraction of sp³-hybridized carbons (Fsp3) is 0.286. The molecule has 0 saturated heterocycles. The van der Waals surface area contributed by atoms with Gasteiger partial charge in [0, 0.05) is 26.4 Å². The van der Waals surface area contributed by atoms with E-state index in [1.54, 1.807) is 19.1 Å². The molecule has 0 aliphatic carbocycles. The average Bonchev–Trinajstić information content (AvgIpc) is 2.89. The number of ether oxygens (including phenoxy) is 2. The van der Waals surface area contributed by atoms with Crippen molar-refractivity contribution in [1.82, 2.24) is 10.2 Å². The summed E-state index contributed by atoms with van der Waals surface area (Å²) in [6.07, 6.45) is 1.27. The van der Waals surface area contributed by atoms with E-state index in [1.165, 1.54) is 0 Å². The number of carbonyl (C=O) groups excluding carboxylic acids is 2. The van der Waals surface area contributed by atoms with E-state index in [4.69, 9.17) is 9.47 Å². The fourth-order valence-electron chi connectivity index (χ4n) is 3.73. The van der Waals surface area contributed by atoms with Gasteiger partial charge in [0.1, 0.15) is 17.5 Å². The predicted octanol–water partition coefficient (Wildman–Crippen LogP) is 4.24. The number of amides is 2. The van der Waals surface area contributed by atoms with E-state index in [9.17, 15) is 9.59 Å². The van der Waals surface area contributed by atoms with Gasteiger partial charge in [-0.25, -0.2) is 0 Å². The van der Waals surface area contributed by atoms with Gasteiger partial charge in [-0.2, -0.15) is 0 Å². The molecule has 0 fully saturated rings. The van der Waals surface area contributed by atoms with Crippen LogP contribution in [-0.4, -0.2) is 43.5 Å². The second kappa shape index (κ2) is 13.0. The van der Waals surface area contributed by atoms with E-state index in [-0.39, 0.29) is 18.2 Å². The van der Waals surface area contributed by atoms with Crippen molar-refractivity contribution in [2.75, 3.05) is 20.8 Å². The van der Waals surface area contributed by atoms with Crippen LogP contribution < -0.4 is 14.8 Å². The molecule has 3 aromatic rings. The molecule has 6 heteroatoms. The molecule has 2 amide bonds. The van der Waals surface area contributed by atoms with Crippen molar-refractivity contribution >= 4 is 11.8 Å². The van der Waals surface area contributed by atoms with Crippen LogP contribution in [0.1, 0.15) is 24.0 Å². The number of hydrogen-bond acceptors (Lipinski definition) is 4. The molecule has 0 radical (unpaired) electrons. The van der Waals surface area contributed by atoms with Gasteiger partial charge in [0.05, 0.1) is 13.7 Å². The van der Waals surface area contributed by atoms with Crippen molar-refractivity contribution in [3.63, 3.8) is 0 Å².